The molecule has 2 saturated heterocycles. The third-order valence-electron chi connectivity index (χ3n) is 7.14. The molecule has 2 aromatic rings. The molecule has 0 radical (unpaired) electrons. The molecule has 2 aromatic carbocycles. The van der Waals surface area contributed by atoms with E-state index < -0.39 is 70.8 Å². The molecule has 16 heteroatoms. The number of hydrogen-bond donors (Lipinski definition) is 4. The van der Waals surface area contributed by atoms with E-state index in [0.29, 0.717) is 0 Å². The maximum atomic E-state index is 13.0. The van der Waals surface area contributed by atoms with Gasteiger partial charge in [0.05, 0.1) is 42.0 Å². The molecule has 5 atom stereocenters. The van der Waals surface area contributed by atoms with E-state index in [1.54, 1.807) is 48.5 Å². The van der Waals surface area contributed by atoms with E-state index in [1.165, 1.54) is 17.0 Å². The summed E-state index contributed by atoms with van der Waals surface area (Å²) in [4.78, 5) is 57.1. The number of carbonyl (C=O) groups excluding carboxylic acids is 4. The number of ether oxygens (including phenoxy) is 3. The van der Waals surface area contributed by atoms with Gasteiger partial charge in [-0.05, 0) is 24.3 Å². The fourth-order valence-corrected chi connectivity index (χ4v) is 5.51. The van der Waals surface area contributed by atoms with Crippen LogP contribution in [0.5, 0.6) is 0 Å². The minimum absolute atomic E-state index is 0.147. The van der Waals surface area contributed by atoms with Crippen LogP contribution < -0.4 is 16.0 Å². The van der Waals surface area contributed by atoms with Crippen LogP contribution in [0.25, 0.3) is 0 Å². The van der Waals surface area contributed by atoms with Crippen molar-refractivity contribution in [1.82, 2.24) is 20.9 Å². The van der Waals surface area contributed by atoms with Gasteiger partial charge in [0.2, 0.25) is 9.75 Å². The van der Waals surface area contributed by atoms with E-state index in [9.17, 15) is 24.3 Å². The summed E-state index contributed by atoms with van der Waals surface area (Å²) < 4.78 is 13.8. The smallest absolute Gasteiger partial charge is 0.414 e. The number of carbonyl (C=O) groups is 4. The third-order valence-corrected chi connectivity index (χ3v) is 7.46. The van der Waals surface area contributed by atoms with Gasteiger partial charge in [-0.2, -0.15) is 0 Å². The standard InChI is InChI=1S/C28H26Cl3N5O8/c1-15-32-21-18(12-20(37)44-24(40)17-10-6-3-7-11-17)33-25(34-26(41)42-14-27(29,30)31)36-13-19(22(38)28(21,36)35-15)43-23(39)16-8-4-2-5-9-16/h2-11,18-19,21-22,32,35,38H,1,12-14H2,(H,33,34,41)/t18-,19-,21?,22-,28?/m0/s1. The summed E-state index contributed by atoms with van der Waals surface area (Å²) in [5.41, 5.74) is -1.11. The average molecular weight is 667 g/mol. The van der Waals surface area contributed by atoms with Crippen LogP contribution in [-0.2, 0) is 19.0 Å². The Hall–Kier alpha value is -4.04. The number of hydrogen-bond acceptors (Lipinski definition) is 12. The summed E-state index contributed by atoms with van der Waals surface area (Å²) >= 11 is 17.1. The van der Waals surface area contributed by atoms with Crippen molar-refractivity contribution in [3.05, 3.63) is 84.2 Å². The maximum absolute atomic E-state index is 13.0. The van der Waals surface area contributed by atoms with Crippen molar-refractivity contribution in [2.45, 2.75) is 40.2 Å². The zero-order valence-corrected chi connectivity index (χ0v) is 25.0. The van der Waals surface area contributed by atoms with Crippen molar-refractivity contribution in [3.8, 4) is 0 Å². The first-order valence-corrected chi connectivity index (χ1v) is 14.3. The minimum atomic E-state index is -1.90. The van der Waals surface area contributed by atoms with Crippen LogP contribution in [-0.4, -0.2) is 86.9 Å². The highest BCUT2D eigenvalue weighted by molar-refractivity contribution is 6.67. The van der Waals surface area contributed by atoms with Crippen molar-refractivity contribution < 1.29 is 38.5 Å². The Morgan fingerprint density at radius 3 is 2.27 bits per heavy atom. The Morgan fingerprint density at radius 1 is 1.05 bits per heavy atom. The number of amides is 1. The second kappa shape index (κ2) is 12.5. The summed E-state index contributed by atoms with van der Waals surface area (Å²) in [5.74, 6) is -2.39. The molecule has 0 bridgehead atoms. The van der Waals surface area contributed by atoms with Gasteiger partial charge in [-0.1, -0.05) is 77.8 Å². The predicted octanol–water partition coefficient (Wildman–Crippen LogP) is 2.23. The number of aliphatic hydroxyl groups is 1. The van der Waals surface area contributed by atoms with Crippen molar-refractivity contribution in [2.75, 3.05) is 13.2 Å². The largest absolute Gasteiger partial charge is 0.454 e. The highest BCUT2D eigenvalue weighted by atomic mass is 35.6. The Balaban J connectivity index is 1.43. The SMILES string of the molecule is C=C1NC2[C@H](CC(=O)OC(=O)c3ccccc3)N=C(NC(=O)OCC(Cl)(Cl)Cl)N3C[C@H](OC(=O)c4ccccc4)[C@H](O)C23N1. The van der Waals surface area contributed by atoms with Crippen LogP contribution in [0.1, 0.15) is 27.1 Å². The van der Waals surface area contributed by atoms with E-state index in [-0.39, 0.29) is 29.5 Å². The second-order valence-electron chi connectivity index (χ2n) is 10.1. The first kappa shape index (κ1) is 31.4. The first-order chi connectivity index (χ1) is 20.9. The molecule has 2 fully saturated rings. The van der Waals surface area contributed by atoms with Gasteiger partial charge >= 0.3 is 24.0 Å². The van der Waals surface area contributed by atoms with E-state index in [4.69, 9.17) is 49.0 Å². The summed E-state index contributed by atoms with van der Waals surface area (Å²) in [7, 11) is 0. The zero-order valence-electron chi connectivity index (χ0n) is 22.7. The molecule has 2 unspecified atom stereocenters. The molecule has 13 nitrogen and oxygen atoms in total. The molecule has 1 spiro atoms. The van der Waals surface area contributed by atoms with E-state index in [1.807, 2.05) is 0 Å². The lowest BCUT2D eigenvalue weighted by Crippen LogP contribution is -2.73. The fourth-order valence-electron chi connectivity index (χ4n) is 5.34. The molecule has 3 heterocycles. The molecule has 0 aromatic heterocycles. The topological polar surface area (TPSA) is 168 Å². The molecule has 0 saturated carbocycles. The molecule has 232 valence electrons. The summed E-state index contributed by atoms with van der Waals surface area (Å²) in [6, 6.07) is 14.2. The van der Waals surface area contributed by atoms with Gasteiger partial charge in [-0.25, -0.2) is 19.4 Å². The fraction of sp³-hybridized carbons (Fsp3) is 0.321. The van der Waals surface area contributed by atoms with Crippen LogP contribution in [0.15, 0.2) is 78.1 Å². The number of guanidine groups is 1. The molecule has 3 aliphatic rings. The zero-order chi connectivity index (χ0) is 31.6. The Labute approximate surface area is 266 Å². The normalized spacial score (nSPS) is 25.4. The number of aliphatic imine (C=N–C) groups is 1. The summed E-state index contributed by atoms with van der Waals surface area (Å²) in [5, 5.41) is 20.3. The van der Waals surface area contributed by atoms with E-state index in [2.05, 4.69) is 27.5 Å². The van der Waals surface area contributed by atoms with Gasteiger partial charge in [-0.3, -0.25) is 10.1 Å². The quantitative estimate of drug-likeness (QED) is 0.154. The van der Waals surface area contributed by atoms with Crippen LogP contribution in [0, 0.1) is 0 Å². The van der Waals surface area contributed by atoms with Gasteiger partial charge < -0.3 is 34.9 Å². The molecule has 44 heavy (non-hydrogen) atoms. The van der Waals surface area contributed by atoms with Crippen LogP contribution in [0.4, 0.5) is 4.79 Å². The van der Waals surface area contributed by atoms with Gasteiger partial charge in [0.15, 0.2) is 5.66 Å². The number of alkyl halides is 3. The molecule has 5 rings (SSSR count). The van der Waals surface area contributed by atoms with E-state index >= 15 is 0 Å². The number of nitrogens with zero attached hydrogens (tertiary/aromatic N) is 2. The number of benzene rings is 2. The highest BCUT2D eigenvalue weighted by Crippen LogP contribution is 2.41. The van der Waals surface area contributed by atoms with Crippen LogP contribution in [0.3, 0.4) is 0 Å². The predicted molar refractivity (Wildman–Crippen MR) is 158 cm³/mol. The summed E-state index contributed by atoms with van der Waals surface area (Å²) in [6.07, 6.45) is -4.11. The molecule has 4 N–H and O–H groups in total. The Morgan fingerprint density at radius 2 is 1.66 bits per heavy atom. The van der Waals surface area contributed by atoms with Gasteiger partial charge in [0, 0.05) is 0 Å². The molecule has 0 aliphatic carbocycles. The Kier molecular flexibility index (Phi) is 8.93. The summed E-state index contributed by atoms with van der Waals surface area (Å²) in [6.45, 7) is 3.15. The maximum Gasteiger partial charge on any atom is 0.414 e. The lowest BCUT2D eigenvalue weighted by molar-refractivity contribution is -0.138. The molecule has 1 amide bonds. The number of halogens is 3. The van der Waals surface area contributed by atoms with Crippen molar-refractivity contribution in [2.24, 2.45) is 4.99 Å². The number of aliphatic hydroxyl groups excluding tert-OH is 1. The van der Waals surface area contributed by atoms with Crippen molar-refractivity contribution >= 4 is 64.8 Å². The van der Waals surface area contributed by atoms with Crippen LogP contribution in [0.2, 0.25) is 0 Å². The van der Waals surface area contributed by atoms with Gasteiger partial charge in [0.1, 0.15) is 18.8 Å². The molecular weight excluding hydrogens is 641 g/mol. The van der Waals surface area contributed by atoms with Crippen molar-refractivity contribution in [3.63, 3.8) is 0 Å². The second-order valence-corrected chi connectivity index (χ2v) is 12.6. The third kappa shape index (κ3) is 6.55. The van der Waals surface area contributed by atoms with Gasteiger partial charge in [-0.15, -0.1) is 0 Å². The Bertz CT molecular complexity index is 1490. The number of rotatable bonds is 6. The van der Waals surface area contributed by atoms with Gasteiger partial charge in [0.25, 0.3) is 0 Å². The lowest BCUT2D eigenvalue weighted by atomic mass is 9.87. The number of esters is 3. The average Bonchev–Trinajstić information content (AvgIpc) is 3.48. The monoisotopic (exact) mass is 665 g/mol. The van der Waals surface area contributed by atoms with Crippen molar-refractivity contribution in [1.29, 1.82) is 0 Å². The number of alkyl carbamates (subject to hydrolysis) is 1. The van der Waals surface area contributed by atoms with E-state index in [0.717, 1.165) is 0 Å². The minimum Gasteiger partial charge on any atom is -0.454 e. The van der Waals surface area contributed by atoms with Crippen LogP contribution >= 0.6 is 34.8 Å². The lowest BCUT2D eigenvalue weighted by Gasteiger charge is -2.46. The molecule has 3 aliphatic heterocycles. The number of nitrogens with one attached hydrogen (secondary N) is 3. The highest BCUT2D eigenvalue weighted by Gasteiger charge is 2.67. The molecular formula is C28H26Cl3N5O8. The first-order valence-electron chi connectivity index (χ1n) is 13.2.